The van der Waals surface area contributed by atoms with E-state index < -0.39 is 0 Å². The van der Waals surface area contributed by atoms with Gasteiger partial charge in [-0.1, -0.05) is 29.8 Å². The minimum Gasteiger partial charge on any atom is -0.453 e. The summed E-state index contributed by atoms with van der Waals surface area (Å²) in [7, 11) is 0. The van der Waals surface area contributed by atoms with Crippen molar-refractivity contribution in [1.29, 1.82) is 0 Å². The number of fused-ring (bicyclic) bond motifs is 1. The highest BCUT2D eigenvalue weighted by Gasteiger charge is 2.15. The highest BCUT2D eigenvalue weighted by atomic mass is 79.9. The number of carbonyl (C=O) groups excluding carboxylic acids is 1. The van der Waals surface area contributed by atoms with Crippen molar-refractivity contribution in [1.82, 2.24) is 0 Å². The van der Waals surface area contributed by atoms with Gasteiger partial charge in [-0.05, 0) is 46.3 Å². The van der Waals surface area contributed by atoms with Gasteiger partial charge in [0.25, 0.3) is 0 Å². The summed E-state index contributed by atoms with van der Waals surface area (Å²) in [6.45, 7) is 0. The smallest absolute Gasteiger partial charge is 0.228 e. The second kappa shape index (κ2) is 4.83. The van der Waals surface area contributed by atoms with Crippen LogP contribution < -0.4 is 0 Å². The molecule has 0 atom stereocenters. The van der Waals surface area contributed by atoms with Crippen LogP contribution in [0.1, 0.15) is 16.1 Å². The van der Waals surface area contributed by atoms with Crippen LogP contribution in [-0.4, -0.2) is 5.78 Å². The lowest BCUT2D eigenvalue weighted by molar-refractivity contribution is 0.101. The van der Waals surface area contributed by atoms with Crippen LogP contribution in [0.5, 0.6) is 0 Å². The van der Waals surface area contributed by atoms with E-state index in [1.54, 1.807) is 24.3 Å². The van der Waals surface area contributed by atoms with E-state index in [1.165, 1.54) is 0 Å². The fourth-order valence-corrected chi connectivity index (χ4v) is 2.37. The number of para-hydroxylation sites is 1. The van der Waals surface area contributed by atoms with Gasteiger partial charge in [0.15, 0.2) is 5.76 Å². The Morgan fingerprint density at radius 2 is 1.89 bits per heavy atom. The first-order valence-corrected chi connectivity index (χ1v) is 6.80. The zero-order chi connectivity index (χ0) is 13.4. The zero-order valence-corrected chi connectivity index (χ0v) is 12.0. The van der Waals surface area contributed by atoms with Crippen LogP contribution in [0.25, 0.3) is 11.0 Å². The molecule has 1 aromatic heterocycles. The van der Waals surface area contributed by atoms with E-state index in [0.29, 0.717) is 26.4 Å². The molecule has 2 aromatic carbocycles. The van der Waals surface area contributed by atoms with Gasteiger partial charge in [0.2, 0.25) is 5.78 Å². The van der Waals surface area contributed by atoms with Crippen LogP contribution in [0, 0.1) is 0 Å². The molecule has 19 heavy (non-hydrogen) atoms. The van der Waals surface area contributed by atoms with E-state index in [0.717, 1.165) is 5.39 Å². The molecule has 0 aliphatic heterocycles. The molecule has 0 spiro atoms. The molecule has 0 bridgehead atoms. The van der Waals surface area contributed by atoms with Crippen molar-refractivity contribution < 1.29 is 9.21 Å². The summed E-state index contributed by atoms with van der Waals surface area (Å²) >= 11 is 9.22. The quantitative estimate of drug-likeness (QED) is 0.611. The number of hydrogen-bond acceptors (Lipinski definition) is 2. The van der Waals surface area contributed by atoms with Gasteiger partial charge in [-0.25, -0.2) is 0 Å². The molecule has 0 unspecified atom stereocenters. The predicted octanol–water partition coefficient (Wildman–Crippen LogP) is 5.08. The van der Waals surface area contributed by atoms with Crippen LogP contribution in [0.4, 0.5) is 0 Å². The lowest BCUT2D eigenvalue weighted by Crippen LogP contribution is -1.99. The van der Waals surface area contributed by atoms with E-state index in [1.807, 2.05) is 24.3 Å². The number of ketones is 1. The van der Waals surface area contributed by atoms with Crippen molar-refractivity contribution >= 4 is 44.3 Å². The molecule has 0 fully saturated rings. The molecule has 0 amide bonds. The highest BCUT2D eigenvalue weighted by Crippen LogP contribution is 2.26. The van der Waals surface area contributed by atoms with E-state index in [2.05, 4.69) is 15.9 Å². The summed E-state index contributed by atoms with van der Waals surface area (Å²) in [5, 5.41) is 1.49. The molecule has 0 radical (unpaired) electrons. The van der Waals surface area contributed by atoms with Crippen LogP contribution in [0.15, 0.2) is 57.4 Å². The third-order valence-electron chi connectivity index (χ3n) is 2.83. The first-order chi connectivity index (χ1) is 9.15. The Labute approximate surface area is 123 Å². The van der Waals surface area contributed by atoms with Crippen molar-refractivity contribution in [3.05, 3.63) is 69.3 Å². The van der Waals surface area contributed by atoms with E-state index in [9.17, 15) is 4.79 Å². The predicted molar refractivity (Wildman–Crippen MR) is 78.8 cm³/mol. The van der Waals surface area contributed by atoms with Crippen LogP contribution in [0.2, 0.25) is 5.02 Å². The molecule has 2 nitrogen and oxygen atoms in total. The zero-order valence-electron chi connectivity index (χ0n) is 9.69. The summed E-state index contributed by atoms with van der Waals surface area (Å²) in [6.07, 6.45) is 0. The van der Waals surface area contributed by atoms with Gasteiger partial charge in [-0.3, -0.25) is 4.79 Å². The molecule has 94 valence electrons. The van der Waals surface area contributed by atoms with Gasteiger partial charge in [0.1, 0.15) is 5.58 Å². The van der Waals surface area contributed by atoms with Crippen LogP contribution >= 0.6 is 27.5 Å². The maximum Gasteiger partial charge on any atom is 0.228 e. The Bertz CT molecular complexity index is 744. The first-order valence-electron chi connectivity index (χ1n) is 5.63. The van der Waals surface area contributed by atoms with Crippen LogP contribution in [0.3, 0.4) is 0 Å². The van der Waals surface area contributed by atoms with Gasteiger partial charge in [-0.15, -0.1) is 0 Å². The Hall–Kier alpha value is -1.58. The standard InChI is InChI=1S/C15H8BrClO2/c16-11-7-10(5-6-12(11)17)15(18)14-8-9-3-1-2-4-13(9)19-14/h1-8H. The van der Waals surface area contributed by atoms with E-state index >= 15 is 0 Å². The molecule has 3 aromatic rings. The molecule has 0 aliphatic carbocycles. The lowest BCUT2D eigenvalue weighted by atomic mass is 10.1. The second-order valence-electron chi connectivity index (χ2n) is 4.11. The second-order valence-corrected chi connectivity index (χ2v) is 5.37. The first kappa shape index (κ1) is 12.5. The van der Waals surface area contributed by atoms with Gasteiger partial charge >= 0.3 is 0 Å². The molecule has 3 rings (SSSR count). The fraction of sp³-hybridized carbons (Fsp3) is 0. The van der Waals surface area contributed by atoms with Crippen molar-refractivity contribution in [3.63, 3.8) is 0 Å². The Morgan fingerprint density at radius 1 is 1.11 bits per heavy atom. The molecular formula is C15H8BrClO2. The molecular weight excluding hydrogens is 328 g/mol. The summed E-state index contributed by atoms with van der Waals surface area (Å²) in [6, 6.07) is 14.3. The largest absolute Gasteiger partial charge is 0.453 e. The Kier molecular flexibility index (Phi) is 3.17. The average molecular weight is 336 g/mol. The number of rotatable bonds is 2. The number of benzene rings is 2. The molecule has 4 heteroatoms. The van der Waals surface area contributed by atoms with Crippen molar-refractivity contribution in [3.8, 4) is 0 Å². The van der Waals surface area contributed by atoms with Gasteiger partial charge in [0.05, 0.1) is 5.02 Å². The molecule has 0 aliphatic rings. The van der Waals surface area contributed by atoms with E-state index in [-0.39, 0.29) is 5.78 Å². The number of carbonyl (C=O) groups is 1. The summed E-state index contributed by atoms with van der Waals surface area (Å²) in [5.41, 5.74) is 1.24. The molecule has 0 N–H and O–H groups in total. The monoisotopic (exact) mass is 334 g/mol. The molecule has 1 heterocycles. The van der Waals surface area contributed by atoms with Crippen molar-refractivity contribution in [2.24, 2.45) is 0 Å². The minimum atomic E-state index is -0.159. The SMILES string of the molecule is O=C(c1ccc(Cl)c(Br)c1)c1cc2ccccc2o1. The number of halogens is 2. The third-order valence-corrected chi connectivity index (χ3v) is 4.05. The van der Waals surface area contributed by atoms with Gasteiger partial charge in [0, 0.05) is 15.4 Å². The number of hydrogen-bond donors (Lipinski definition) is 0. The number of furan rings is 1. The Balaban J connectivity index is 2.05. The third kappa shape index (κ3) is 2.31. The maximum atomic E-state index is 12.3. The summed E-state index contributed by atoms with van der Waals surface area (Å²) in [4.78, 5) is 12.3. The lowest BCUT2D eigenvalue weighted by Gasteiger charge is -2.00. The van der Waals surface area contributed by atoms with Crippen molar-refractivity contribution in [2.75, 3.05) is 0 Å². The van der Waals surface area contributed by atoms with Gasteiger partial charge in [-0.2, -0.15) is 0 Å². The highest BCUT2D eigenvalue weighted by molar-refractivity contribution is 9.10. The normalized spacial score (nSPS) is 10.8. The van der Waals surface area contributed by atoms with E-state index in [4.69, 9.17) is 16.0 Å². The van der Waals surface area contributed by atoms with Gasteiger partial charge < -0.3 is 4.42 Å². The fourth-order valence-electron chi connectivity index (χ4n) is 1.87. The van der Waals surface area contributed by atoms with Crippen LogP contribution in [-0.2, 0) is 0 Å². The topological polar surface area (TPSA) is 30.2 Å². The molecule has 0 saturated carbocycles. The summed E-state index contributed by atoms with van der Waals surface area (Å²) in [5.74, 6) is 0.170. The Morgan fingerprint density at radius 3 is 2.63 bits per heavy atom. The average Bonchev–Trinajstić information content (AvgIpc) is 2.85. The molecule has 0 saturated heterocycles. The summed E-state index contributed by atoms with van der Waals surface area (Å²) < 4.78 is 6.25. The maximum absolute atomic E-state index is 12.3. The minimum absolute atomic E-state index is 0.159. The van der Waals surface area contributed by atoms with Crippen molar-refractivity contribution in [2.45, 2.75) is 0 Å².